The molecule has 0 atom stereocenters. The Kier molecular flexibility index (Phi) is 3.88. The lowest BCUT2D eigenvalue weighted by molar-refractivity contribution is 0.269. The first kappa shape index (κ1) is 17.5. The number of benzene rings is 1. The maximum absolute atomic E-state index is 14.2. The minimum atomic E-state index is -0.644. The topological polar surface area (TPSA) is 64.7 Å². The molecular formula is C21H17ClF2N4. The standard InChI is InChI=1S/C21H17ClF2N4/c22-14-10-26-18(25)9-13(14)21-6-4-11(5-7-21)12-8-17(27-28-20(12)21)19-15(23)2-1-3-16(19)24/h1-3,8-11H,4-7H2,(H2,25,26)/t11-,21+. The largest absolute Gasteiger partial charge is 0.384 e. The third-order valence-electron chi connectivity index (χ3n) is 6.17. The Morgan fingerprint density at radius 3 is 2.50 bits per heavy atom. The number of aromatic nitrogens is 3. The van der Waals surface area contributed by atoms with Gasteiger partial charge in [0, 0.05) is 11.6 Å². The zero-order valence-corrected chi connectivity index (χ0v) is 15.7. The van der Waals surface area contributed by atoms with E-state index in [0.717, 1.165) is 42.5 Å². The Morgan fingerprint density at radius 1 is 1.07 bits per heavy atom. The van der Waals surface area contributed by atoms with Crippen LogP contribution in [-0.4, -0.2) is 15.2 Å². The first-order chi connectivity index (χ1) is 13.5. The Balaban J connectivity index is 1.71. The summed E-state index contributed by atoms with van der Waals surface area (Å²) in [7, 11) is 0. The van der Waals surface area contributed by atoms with Gasteiger partial charge in [-0.15, -0.1) is 5.10 Å². The van der Waals surface area contributed by atoms with Gasteiger partial charge in [0.05, 0.1) is 22.0 Å². The number of fused-ring (bicyclic) bond motifs is 2. The molecule has 0 saturated heterocycles. The van der Waals surface area contributed by atoms with E-state index in [4.69, 9.17) is 17.3 Å². The van der Waals surface area contributed by atoms with E-state index in [9.17, 15) is 8.78 Å². The fourth-order valence-electron chi connectivity index (χ4n) is 4.83. The first-order valence-electron chi connectivity index (χ1n) is 9.23. The summed E-state index contributed by atoms with van der Waals surface area (Å²) in [4.78, 5) is 4.07. The minimum absolute atomic E-state index is 0.139. The smallest absolute Gasteiger partial charge is 0.135 e. The van der Waals surface area contributed by atoms with Crippen molar-refractivity contribution in [1.82, 2.24) is 15.2 Å². The lowest BCUT2D eigenvalue weighted by Gasteiger charge is -2.47. The van der Waals surface area contributed by atoms with Crippen molar-refractivity contribution in [3.05, 3.63) is 70.0 Å². The van der Waals surface area contributed by atoms with E-state index in [1.54, 1.807) is 12.3 Å². The van der Waals surface area contributed by atoms with Crippen molar-refractivity contribution in [2.75, 3.05) is 5.73 Å². The molecule has 7 heteroatoms. The van der Waals surface area contributed by atoms with Crippen LogP contribution in [0.2, 0.25) is 5.02 Å². The van der Waals surface area contributed by atoms with Gasteiger partial charge in [-0.1, -0.05) is 17.7 Å². The Morgan fingerprint density at radius 2 is 1.79 bits per heavy atom. The van der Waals surface area contributed by atoms with Gasteiger partial charge >= 0.3 is 0 Å². The SMILES string of the molecule is Nc1cc([C@]23CC[C@H](CC2)c2cc(-c4c(F)cccc4F)nnc23)c(Cl)cn1. The monoisotopic (exact) mass is 398 g/mol. The minimum Gasteiger partial charge on any atom is -0.384 e. The van der Waals surface area contributed by atoms with E-state index in [2.05, 4.69) is 15.2 Å². The van der Waals surface area contributed by atoms with Gasteiger partial charge in [0.25, 0.3) is 0 Å². The highest BCUT2D eigenvalue weighted by molar-refractivity contribution is 6.31. The van der Waals surface area contributed by atoms with Gasteiger partial charge in [-0.3, -0.25) is 0 Å². The molecule has 0 radical (unpaired) electrons. The third-order valence-corrected chi connectivity index (χ3v) is 6.47. The van der Waals surface area contributed by atoms with E-state index in [0.29, 0.717) is 16.8 Å². The summed E-state index contributed by atoms with van der Waals surface area (Å²) in [6.07, 6.45) is 5.25. The second-order valence-electron chi connectivity index (χ2n) is 7.58. The highest BCUT2D eigenvalue weighted by Gasteiger charge is 2.48. The number of hydrogen-bond acceptors (Lipinski definition) is 4. The number of rotatable bonds is 2. The highest BCUT2D eigenvalue weighted by Crippen LogP contribution is 2.57. The Hall–Kier alpha value is -2.60. The van der Waals surface area contributed by atoms with Crippen LogP contribution in [0, 0.1) is 11.6 Å². The lowest BCUT2D eigenvalue weighted by atomic mass is 9.57. The van der Waals surface area contributed by atoms with E-state index >= 15 is 0 Å². The fourth-order valence-corrected chi connectivity index (χ4v) is 5.12. The molecule has 142 valence electrons. The van der Waals surface area contributed by atoms with Crippen LogP contribution < -0.4 is 5.73 Å². The van der Waals surface area contributed by atoms with Crippen molar-refractivity contribution < 1.29 is 8.78 Å². The van der Waals surface area contributed by atoms with Crippen molar-refractivity contribution in [2.45, 2.75) is 37.0 Å². The normalized spacial score (nSPS) is 22.9. The zero-order valence-electron chi connectivity index (χ0n) is 14.9. The maximum Gasteiger partial charge on any atom is 0.135 e. The molecule has 2 aromatic heterocycles. The molecule has 0 aliphatic heterocycles. The van der Waals surface area contributed by atoms with Gasteiger partial charge in [0.1, 0.15) is 17.5 Å². The van der Waals surface area contributed by atoms with Crippen molar-refractivity contribution in [3.8, 4) is 11.3 Å². The van der Waals surface area contributed by atoms with Crippen LogP contribution in [0.1, 0.15) is 48.4 Å². The summed E-state index contributed by atoms with van der Waals surface area (Å²) >= 11 is 6.48. The summed E-state index contributed by atoms with van der Waals surface area (Å²) in [5.41, 5.74) is 8.35. The van der Waals surface area contributed by atoms with Gasteiger partial charge in [-0.25, -0.2) is 13.8 Å². The fraction of sp³-hybridized carbons (Fsp3) is 0.286. The number of anilines is 1. The molecule has 0 amide bonds. The third kappa shape index (κ3) is 2.44. The molecule has 1 aromatic carbocycles. The molecule has 2 heterocycles. The molecule has 3 aliphatic rings. The molecule has 2 bridgehead atoms. The first-order valence-corrected chi connectivity index (χ1v) is 9.61. The molecule has 0 unspecified atom stereocenters. The van der Waals surface area contributed by atoms with Gasteiger partial charge in [0.15, 0.2) is 0 Å². The molecule has 6 rings (SSSR count). The molecule has 4 nitrogen and oxygen atoms in total. The predicted octanol–water partition coefficient (Wildman–Crippen LogP) is 5.01. The van der Waals surface area contributed by atoms with Crippen molar-refractivity contribution in [3.63, 3.8) is 0 Å². The van der Waals surface area contributed by atoms with Crippen molar-refractivity contribution in [1.29, 1.82) is 0 Å². The van der Waals surface area contributed by atoms with Gasteiger partial charge in [0.2, 0.25) is 0 Å². The molecule has 28 heavy (non-hydrogen) atoms. The summed E-state index contributed by atoms with van der Waals surface area (Å²) in [5.74, 6) is -0.579. The van der Waals surface area contributed by atoms with Crippen LogP contribution in [-0.2, 0) is 5.41 Å². The van der Waals surface area contributed by atoms with Crippen molar-refractivity contribution in [2.24, 2.45) is 0 Å². The molecular weight excluding hydrogens is 382 g/mol. The zero-order chi connectivity index (χ0) is 19.5. The second kappa shape index (κ2) is 6.21. The highest BCUT2D eigenvalue weighted by atomic mass is 35.5. The predicted molar refractivity (Wildman–Crippen MR) is 103 cm³/mol. The Bertz CT molecular complexity index is 1070. The molecule has 3 aliphatic carbocycles. The number of hydrogen-bond donors (Lipinski definition) is 1. The molecule has 1 fully saturated rings. The summed E-state index contributed by atoms with van der Waals surface area (Å²) in [6, 6.07) is 7.40. The number of pyridine rings is 1. The van der Waals surface area contributed by atoms with Crippen molar-refractivity contribution >= 4 is 17.4 Å². The van der Waals surface area contributed by atoms with Gasteiger partial charge in [-0.05, 0) is 67.0 Å². The van der Waals surface area contributed by atoms with Crippen LogP contribution in [0.5, 0.6) is 0 Å². The van der Waals surface area contributed by atoms with E-state index in [1.807, 2.05) is 6.07 Å². The molecule has 3 aromatic rings. The Labute approximate surface area is 165 Å². The molecule has 1 saturated carbocycles. The van der Waals surface area contributed by atoms with Crippen LogP contribution in [0.25, 0.3) is 11.3 Å². The second-order valence-corrected chi connectivity index (χ2v) is 7.98. The van der Waals surface area contributed by atoms with Crippen LogP contribution >= 0.6 is 11.6 Å². The summed E-state index contributed by atoms with van der Waals surface area (Å²) in [6.45, 7) is 0. The summed E-state index contributed by atoms with van der Waals surface area (Å²) in [5, 5.41) is 9.23. The van der Waals surface area contributed by atoms with Crippen LogP contribution in [0.4, 0.5) is 14.6 Å². The average molecular weight is 399 g/mol. The van der Waals surface area contributed by atoms with E-state index in [1.165, 1.54) is 18.2 Å². The summed E-state index contributed by atoms with van der Waals surface area (Å²) < 4.78 is 28.5. The molecule has 2 N–H and O–H groups in total. The molecule has 0 spiro atoms. The maximum atomic E-state index is 14.2. The van der Waals surface area contributed by atoms with E-state index < -0.39 is 17.0 Å². The number of nitrogen functional groups attached to an aromatic ring is 1. The van der Waals surface area contributed by atoms with Gasteiger partial charge < -0.3 is 5.73 Å². The number of nitrogens with two attached hydrogens (primary N) is 1. The quantitative estimate of drug-likeness (QED) is 0.659. The van der Waals surface area contributed by atoms with Crippen LogP contribution in [0.3, 0.4) is 0 Å². The lowest BCUT2D eigenvalue weighted by Crippen LogP contribution is -2.40. The average Bonchev–Trinajstić information content (AvgIpc) is 2.70. The van der Waals surface area contributed by atoms with E-state index in [-0.39, 0.29) is 11.3 Å². The number of nitrogens with zero attached hydrogens (tertiary/aromatic N) is 3. The van der Waals surface area contributed by atoms with Gasteiger partial charge in [-0.2, -0.15) is 5.10 Å². The number of halogens is 3. The van der Waals surface area contributed by atoms with Crippen LogP contribution in [0.15, 0.2) is 36.5 Å².